The smallest absolute Gasteiger partial charge is 0.200 e. The van der Waals surface area contributed by atoms with Crippen LogP contribution in [-0.2, 0) is 5.75 Å². The van der Waals surface area contributed by atoms with Crippen LogP contribution in [0.2, 0.25) is 0 Å². The molecule has 0 aromatic carbocycles. The van der Waals surface area contributed by atoms with E-state index in [9.17, 15) is 0 Å². The Morgan fingerprint density at radius 3 is 2.82 bits per heavy atom. The van der Waals surface area contributed by atoms with Crippen molar-refractivity contribution in [2.45, 2.75) is 56.0 Å². The van der Waals surface area contributed by atoms with Gasteiger partial charge in [-0.3, -0.25) is 4.57 Å². The summed E-state index contributed by atoms with van der Waals surface area (Å²) in [7, 11) is 0. The fraction of sp³-hybridized carbons (Fsp3) is 0.381. The van der Waals surface area contributed by atoms with E-state index in [4.69, 9.17) is 9.40 Å². The highest BCUT2D eigenvalue weighted by Gasteiger charge is 2.25. The maximum Gasteiger partial charge on any atom is 0.200 e. The predicted molar refractivity (Wildman–Crippen MR) is 109 cm³/mol. The van der Waals surface area contributed by atoms with Crippen molar-refractivity contribution in [3.63, 3.8) is 0 Å². The van der Waals surface area contributed by atoms with E-state index in [1.54, 1.807) is 18.0 Å². The number of aromatic nitrogens is 5. The van der Waals surface area contributed by atoms with Gasteiger partial charge in [0.2, 0.25) is 5.82 Å². The molecule has 0 radical (unpaired) electrons. The van der Waals surface area contributed by atoms with Gasteiger partial charge in [-0.05, 0) is 43.5 Å². The molecule has 0 atom stereocenters. The van der Waals surface area contributed by atoms with Crippen molar-refractivity contribution in [2.75, 3.05) is 0 Å². The molecule has 0 saturated heterocycles. The van der Waals surface area contributed by atoms with Gasteiger partial charge in [-0.15, -0.1) is 10.2 Å². The Labute approximate surface area is 168 Å². The normalized spacial score (nSPS) is 15.5. The standard InChI is InChI=1S/C21H23N5OS/c1-15-7-5-11-25-13-16(22-19(15)25)14-28-21-24-23-20(18-10-6-12-27-18)26(21)17-8-3-2-4-9-17/h5-7,10-13,17H,2-4,8-9,14H2,1H3. The zero-order valence-corrected chi connectivity index (χ0v) is 16.7. The van der Waals surface area contributed by atoms with Crippen molar-refractivity contribution in [3.8, 4) is 11.6 Å². The molecule has 0 amide bonds. The van der Waals surface area contributed by atoms with Crippen LogP contribution in [0.15, 0.2) is 52.5 Å². The first kappa shape index (κ1) is 17.6. The molecule has 28 heavy (non-hydrogen) atoms. The van der Waals surface area contributed by atoms with Crippen molar-refractivity contribution in [3.05, 3.63) is 54.2 Å². The van der Waals surface area contributed by atoms with Crippen LogP contribution in [0.25, 0.3) is 17.2 Å². The van der Waals surface area contributed by atoms with Crippen LogP contribution in [0.1, 0.15) is 49.4 Å². The average Bonchev–Trinajstić information content (AvgIpc) is 3.46. The first-order valence-corrected chi connectivity index (χ1v) is 10.8. The van der Waals surface area contributed by atoms with Gasteiger partial charge in [0.05, 0.1) is 12.0 Å². The first-order valence-electron chi connectivity index (χ1n) is 9.84. The number of hydrogen-bond acceptors (Lipinski definition) is 5. The second kappa shape index (κ2) is 7.47. The zero-order valence-electron chi connectivity index (χ0n) is 15.9. The molecule has 1 aliphatic carbocycles. The van der Waals surface area contributed by atoms with Gasteiger partial charge in [-0.2, -0.15) is 0 Å². The predicted octanol–water partition coefficient (Wildman–Crippen LogP) is 5.29. The minimum absolute atomic E-state index is 0.440. The number of fused-ring (bicyclic) bond motifs is 1. The molecule has 4 heterocycles. The number of nitrogens with zero attached hydrogens (tertiary/aromatic N) is 5. The van der Waals surface area contributed by atoms with Crippen molar-refractivity contribution >= 4 is 17.4 Å². The molecule has 1 saturated carbocycles. The molecule has 5 rings (SSSR count). The summed E-state index contributed by atoms with van der Waals surface area (Å²) in [5, 5.41) is 9.94. The Morgan fingerprint density at radius 1 is 1.14 bits per heavy atom. The lowest BCUT2D eigenvalue weighted by Crippen LogP contribution is -2.15. The van der Waals surface area contributed by atoms with Gasteiger partial charge in [0.25, 0.3) is 0 Å². The number of aryl methyl sites for hydroxylation is 1. The Bertz CT molecular complexity index is 1080. The van der Waals surface area contributed by atoms with Gasteiger partial charge in [0, 0.05) is 24.2 Å². The maximum absolute atomic E-state index is 5.63. The van der Waals surface area contributed by atoms with Gasteiger partial charge in [-0.1, -0.05) is 37.1 Å². The fourth-order valence-electron chi connectivity index (χ4n) is 4.03. The van der Waals surface area contributed by atoms with Gasteiger partial charge in [0.1, 0.15) is 5.65 Å². The molecule has 1 aliphatic rings. The van der Waals surface area contributed by atoms with Crippen molar-refractivity contribution in [2.24, 2.45) is 0 Å². The Kier molecular flexibility index (Phi) is 4.68. The van der Waals surface area contributed by atoms with E-state index in [1.165, 1.54) is 37.7 Å². The molecule has 4 aromatic heterocycles. The van der Waals surface area contributed by atoms with Crippen LogP contribution < -0.4 is 0 Å². The third kappa shape index (κ3) is 3.24. The molecule has 0 spiro atoms. The summed E-state index contributed by atoms with van der Waals surface area (Å²) in [6.07, 6.45) is 12.0. The summed E-state index contributed by atoms with van der Waals surface area (Å²) < 4.78 is 10.0. The van der Waals surface area contributed by atoms with E-state index in [2.05, 4.69) is 44.4 Å². The van der Waals surface area contributed by atoms with E-state index < -0.39 is 0 Å². The minimum Gasteiger partial charge on any atom is -0.461 e. The van der Waals surface area contributed by atoms with Crippen molar-refractivity contribution < 1.29 is 4.42 Å². The zero-order chi connectivity index (χ0) is 18.9. The van der Waals surface area contributed by atoms with Gasteiger partial charge < -0.3 is 8.82 Å². The summed E-state index contributed by atoms with van der Waals surface area (Å²) in [6.45, 7) is 2.09. The number of hydrogen-bond donors (Lipinski definition) is 0. The number of pyridine rings is 1. The minimum atomic E-state index is 0.440. The molecule has 6 nitrogen and oxygen atoms in total. The summed E-state index contributed by atoms with van der Waals surface area (Å²) in [5.41, 5.74) is 3.25. The highest BCUT2D eigenvalue weighted by molar-refractivity contribution is 7.98. The average molecular weight is 394 g/mol. The van der Waals surface area contributed by atoms with E-state index in [0.717, 1.165) is 33.8 Å². The fourth-order valence-corrected chi connectivity index (χ4v) is 4.92. The molecular formula is C21H23N5OS. The van der Waals surface area contributed by atoms with Crippen molar-refractivity contribution in [1.82, 2.24) is 24.1 Å². The lowest BCUT2D eigenvalue weighted by atomic mass is 9.95. The molecule has 1 fully saturated rings. The van der Waals surface area contributed by atoms with Crippen LogP contribution in [0.4, 0.5) is 0 Å². The summed E-state index contributed by atoms with van der Waals surface area (Å²) in [6, 6.07) is 8.45. The molecule has 4 aromatic rings. The maximum atomic E-state index is 5.63. The van der Waals surface area contributed by atoms with Crippen LogP contribution in [-0.4, -0.2) is 24.1 Å². The topological polar surface area (TPSA) is 61.1 Å². The lowest BCUT2D eigenvalue weighted by molar-refractivity contribution is 0.337. The van der Waals surface area contributed by atoms with E-state index >= 15 is 0 Å². The molecule has 0 unspecified atom stereocenters. The lowest BCUT2D eigenvalue weighted by Gasteiger charge is -2.25. The van der Waals surface area contributed by atoms with Crippen LogP contribution in [0.5, 0.6) is 0 Å². The van der Waals surface area contributed by atoms with Crippen LogP contribution in [0, 0.1) is 6.92 Å². The van der Waals surface area contributed by atoms with Gasteiger partial charge >= 0.3 is 0 Å². The highest BCUT2D eigenvalue weighted by atomic mass is 32.2. The van der Waals surface area contributed by atoms with E-state index in [-0.39, 0.29) is 0 Å². The second-order valence-electron chi connectivity index (χ2n) is 7.39. The van der Waals surface area contributed by atoms with Crippen molar-refractivity contribution in [1.29, 1.82) is 0 Å². The summed E-state index contributed by atoms with van der Waals surface area (Å²) in [5.74, 6) is 2.39. The molecule has 0 aliphatic heterocycles. The monoisotopic (exact) mass is 393 g/mol. The summed E-state index contributed by atoms with van der Waals surface area (Å²) in [4.78, 5) is 4.79. The quantitative estimate of drug-likeness (QED) is 0.431. The second-order valence-corrected chi connectivity index (χ2v) is 8.33. The number of rotatable bonds is 5. The number of thioether (sulfide) groups is 1. The molecule has 7 heteroatoms. The van der Waals surface area contributed by atoms with E-state index in [0.29, 0.717) is 6.04 Å². The van der Waals surface area contributed by atoms with E-state index in [1.807, 2.05) is 18.3 Å². The summed E-state index contributed by atoms with van der Waals surface area (Å²) >= 11 is 1.70. The highest BCUT2D eigenvalue weighted by Crippen LogP contribution is 2.36. The Morgan fingerprint density at radius 2 is 2.04 bits per heavy atom. The first-order chi connectivity index (χ1) is 13.8. The molecular weight excluding hydrogens is 370 g/mol. The number of imidazole rings is 1. The Hall–Kier alpha value is -2.54. The largest absolute Gasteiger partial charge is 0.461 e. The SMILES string of the molecule is Cc1cccn2cc(CSc3nnc(-c4ccco4)n3C3CCCCC3)nc12. The van der Waals surface area contributed by atoms with Gasteiger partial charge in [0.15, 0.2) is 10.9 Å². The molecule has 144 valence electrons. The Balaban J connectivity index is 1.44. The van der Waals surface area contributed by atoms with Crippen LogP contribution >= 0.6 is 11.8 Å². The third-order valence-corrected chi connectivity index (χ3v) is 6.40. The molecule has 0 N–H and O–H groups in total. The number of furan rings is 1. The third-order valence-electron chi connectivity index (χ3n) is 5.42. The van der Waals surface area contributed by atoms with Crippen LogP contribution in [0.3, 0.4) is 0 Å². The molecule has 0 bridgehead atoms. The van der Waals surface area contributed by atoms with Gasteiger partial charge in [-0.25, -0.2) is 4.98 Å².